The van der Waals surface area contributed by atoms with Gasteiger partial charge in [0.15, 0.2) is 0 Å². The van der Waals surface area contributed by atoms with Crippen LogP contribution in [0.25, 0.3) is 0 Å². The van der Waals surface area contributed by atoms with Gasteiger partial charge in [0.2, 0.25) is 0 Å². The van der Waals surface area contributed by atoms with Crippen LogP contribution in [0, 0.1) is 0 Å². The van der Waals surface area contributed by atoms with E-state index in [9.17, 15) is 13.2 Å². The van der Waals surface area contributed by atoms with Crippen LogP contribution < -0.4 is 0 Å². The minimum absolute atomic E-state index is 0. The van der Waals surface area contributed by atoms with Crippen LogP contribution in [0.3, 0.4) is 0 Å². The summed E-state index contributed by atoms with van der Waals surface area (Å²) in [5, 5.41) is 0. The molecule has 0 saturated carbocycles. The van der Waals surface area contributed by atoms with Crippen molar-refractivity contribution in [1.29, 1.82) is 0 Å². The van der Waals surface area contributed by atoms with Crippen molar-refractivity contribution >= 4 is 12.4 Å². The normalized spacial score (nSPS) is 20.3. The maximum absolute atomic E-state index is 11.4. The van der Waals surface area contributed by atoms with E-state index in [0.717, 1.165) is 0 Å². The standard InChI is InChI=1S/C4H6F3N.ClH/c5-4(6,7)8-2-1-3-8;/h1-3H2;1H. The van der Waals surface area contributed by atoms with E-state index in [2.05, 4.69) is 0 Å². The molecule has 1 fully saturated rings. The van der Waals surface area contributed by atoms with Crippen LogP contribution in [0.1, 0.15) is 6.42 Å². The van der Waals surface area contributed by atoms with Crippen molar-refractivity contribution in [2.75, 3.05) is 13.1 Å². The quantitative estimate of drug-likeness (QED) is 0.488. The maximum Gasteiger partial charge on any atom is 0.459 e. The highest BCUT2D eigenvalue weighted by molar-refractivity contribution is 5.85. The second-order valence-corrected chi connectivity index (χ2v) is 1.81. The fourth-order valence-electron chi connectivity index (χ4n) is 0.570. The van der Waals surface area contributed by atoms with Gasteiger partial charge in [-0.15, -0.1) is 12.4 Å². The summed E-state index contributed by atoms with van der Waals surface area (Å²) in [4.78, 5) is 0.493. The number of nitrogens with zero attached hydrogens (tertiary/aromatic N) is 1. The van der Waals surface area contributed by atoms with Gasteiger partial charge in [-0.3, -0.25) is 0 Å². The van der Waals surface area contributed by atoms with Gasteiger partial charge in [-0.2, -0.15) is 13.2 Å². The summed E-state index contributed by atoms with van der Waals surface area (Å²) in [6.07, 6.45) is -3.39. The molecule has 9 heavy (non-hydrogen) atoms. The van der Waals surface area contributed by atoms with E-state index >= 15 is 0 Å². The lowest BCUT2D eigenvalue weighted by Crippen LogP contribution is -2.47. The Hall–Kier alpha value is 0.0400. The molecule has 0 aromatic carbocycles. The SMILES string of the molecule is Cl.FC(F)(F)N1CCC1. The highest BCUT2D eigenvalue weighted by Gasteiger charge is 2.40. The Morgan fingerprint density at radius 2 is 1.56 bits per heavy atom. The van der Waals surface area contributed by atoms with Crippen molar-refractivity contribution in [2.24, 2.45) is 0 Å². The average molecular weight is 162 g/mol. The first-order valence-electron chi connectivity index (χ1n) is 2.42. The zero-order valence-corrected chi connectivity index (χ0v) is 5.43. The highest BCUT2D eigenvalue weighted by Crippen LogP contribution is 2.25. The van der Waals surface area contributed by atoms with Gasteiger partial charge in [-0.05, 0) is 6.42 Å². The molecule has 1 heterocycles. The van der Waals surface area contributed by atoms with Crippen molar-refractivity contribution < 1.29 is 13.2 Å². The van der Waals surface area contributed by atoms with Gasteiger partial charge in [0.25, 0.3) is 0 Å². The van der Waals surface area contributed by atoms with Gasteiger partial charge in [-0.1, -0.05) is 0 Å². The van der Waals surface area contributed by atoms with Crippen molar-refractivity contribution in [3.63, 3.8) is 0 Å². The van der Waals surface area contributed by atoms with Gasteiger partial charge < -0.3 is 0 Å². The first-order valence-corrected chi connectivity index (χ1v) is 2.42. The van der Waals surface area contributed by atoms with E-state index in [1.165, 1.54) is 0 Å². The van der Waals surface area contributed by atoms with E-state index in [0.29, 0.717) is 11.3 Å². The molecule has 0 aromatic heterocycles. The fraction of sp³-hybridized carbons (Fsp3) is 1.00. The molecule has 0 spiro atoms. The van der Waals surface area contributed by atoms with Crippen LogP contribution in [0.5, 0.6) is 0 Å². The van der Waals surface area contributed by atoms with Gasteiger partial charge in [0.05, 0.1) is 0 Å². The van der Waals surface area contributed by atoms with Crippen molar-refractivity contribution in [3.8, 4) is 0 Å². The summed E-state index contributed by atoms with van der Waals surface area (Å²) in [7, 11) is 0. The molecule has 0 amide bonds. The molecule has 1 nitrogen and oxygen atoms in total. The summed E-state index contributed by atoms with van der Waals surface area (Å²) in [5.74, 6) is 0. The number of likely N-dealkylation sites (tertiary alicyclic amines) is 1. The van der Waals surface area contributed by atoms with Crippen LogP contribution in [-0.4, -0.2) is 24.3 Å². The fourth-order valence-corrected chi connectivity index (χ4v) is 0.570. The van der Waals surface area contributed by atoms with E-state index in [1.54, 1.807) is 0 Å². The highest BCUT2D eigenvalue weighted by atomic mass is 35.5. The molecule has 0 N–H and O–H groups in total. The zero-order valence-electron chi connectivity index (χ0n) is 4.61. The Kier molecular flexibility index (Phi) is 2.76. The predicted molar refractivity (Wildman–Crippen MR) is 29.5 cm³/mol. The second-order valence-electron chi connectivity index (χ2n) is 1.81. The van der Waals surface area contributed by atoms with E-state index in [4.69, 9.17) is 0 Å². The average Bonchev–Trinajstić information content (AvgIpc) is 1.16. The zero-order chi connectivity index (χ0) is 6.20. The van der Waals surface area contributed by atoms with Crippen LogP contribution >= 0.6 is 12.4 Å². The Bertz CT molecular complexity index is 88.3. The first kappa shape index (κ1) is 9.04. The minimum atomic E-state index is -4.07. The number of hydrogen-bond acceptors (Lipinski definition) is 1. The van der Waals surface area contributed by atoms with E-state index in [-0.39, 0.29) is 25.5 Å². The summed E-state index contributed by atoms with van der Waals surface area (Å²) >= 11 is 0. The Morgan fingerprint density at radius 3 is 1.56 bits per heavy atom. The Balaban J connectivity index is 0.000000640. The number of rotatable bonds is 0. The third-order valence-electron chi connectivity index (χ3n) is 1.21. The summed E-state index contributed by atoms with van der Waals surface area (Å²) in [6.45, 7) is 0.368. The molecule has 1 rings (SSSR count). The van der Waals surface area contributed by atoms with E-state index < -0.39 is 6.30 Å². The van der Waals surface area contributed by atoms with Gasteiger partial charge in [-0.25, -0.2) is 4.90 Å². The lowest BCUT2D eigenvalue weighted by Gasteiger charge is -2.31. The number of halogens is 4. The van der Waals surface area contributed by atoms with Gasteiger partial charge in [0, 0.05) is 13.1 Å². The Labute approximate surface area is 57.2 Å². The van der Waals surface area contributed by atoms with Crippen LogP contribution in [0.2, 0.25) is 0 Å². The summed E-state index contributed by atoms with van der Waals surface area (Å²) in [6, 6.07) is 0. The molecule has 0 aliphatic carbocycles. The van der Waals surface area contributed by atoms with Crippen molar-refractivity contribution in [2.45, 2.75) is 12.7 Å². The summed E-state index contributed by atoms with van der Waals surface area (Å²) < 4.78 is 34.3. The Morgan fingerprint density at radius 1 is 1.11 bits per heavy atom. The third kappa shape index (κ3) is 2.02. The second kappa shape index (κ2) is 2.75. The maximum atomic E-state index is 11.4. The molecule has 0 atom stereocenters. The molecule has 0 unspecified atom stereocenters. The predicted octanol–water partition coefficient (Wildman–Crippen LogP) is 1.63. The first-order chi connectivity index (χ1) is 3.61. The molecule has 0 aromatic rings. The summed E-state index contributed by atoms with van der Waals surface area (Å²) in [5.41, 5.74) is 0. The van der Waals surface area contributed by atoms with Crippen LogP contribution in [-0.2, 0) is 0 Å². The van der Waals surface area contributed by atoms with Gasteiger partial charge in [0.1, 0.15) is 0 Å². The van der Waals surface area contributed by atoms with Gasteiger partial charge >= 0.3 is 6.30 Å². The molecular formula is C4H7ClF3N. The largest absolute Gasteiger partial charge is 0.459 e. The molecule has 0 radical (unpaired) electrons. The molecule has 5 heteroatoms. The van der Waals surface area contributed by atoms with Crippen LogP contribution in [0.4, 0.5) is 13.2 Å². The molecule has 1 saturated heterocycles. The molecular weight excluding hydrogens is 154 g/mol. The lowest BCUT2D eigenvalue weighted by atomic mass is 10.2. The van der Waals surface area contributed by atoms with Crippen molar-refractivity contribution in [3.05, 3.63) is 0 Å². The van der Waals surface area contributed by atoms with Crippen LogP contribution in [0.15, 0.2) is 0 Å². The lowest BCUT2D eigenvalue weighted by molar-refractivity contribution is -0.263. The monoisotopic (exact) mass is 161 g/mol. The molecule has 1 aliphatic rings. The van der Waals surface area contributed by atoms with E-state index in [1.807, 2.05) is 0 Å². The number of hydrogen-bond donors (Lipinski definition) is 0. The third-order valence-corrected chi connectivity index (χ3v) is 1.21. The topological polar surface area (TPSA) is 3.24 Å². The molecule has 56 valence electrons. The minimum Gasteiger partial charge on any atom is -0.214 e. The smallest absolute Gasteiger partial charge is 0.214 e. The number of alkyl halides is 3. The van der Waals surface area contributed by atoms with Crippen molar-refractivity contribution in [1.82, 2.24) is 4.90 Å². The molecule has 1 aliphatic heterocycles. The molecule has 0 bridgehead atoms.